The number of carbonyl (C=O) groups is 2. The Bertz CT molecular complexity index is 1230. The van der Waals surface area contributed by atoms with Gasteiger partial charge < -0.3 is 4.57 Å². The lowest BCUT2D eigenvalue weighted by Gasteiger charge is -2.12. The van der Waals surface area contributed by atoms with Crippen LogP contribution in [-0.2, 0) is 17.9 Å². The molecule has 1 saturated heterocycles. The molecule has 0 atom stereocenters. The van der Waals surface area contributed by atoms with Crippen LogP contribution in [0.25, 0.3) is 17.0 Å². The Kier molecular flexibility index (Phi) is 5.24. The van der Waals surface area contributed by atoms with Gasteiger partial charge in [0.25, 0.3) is 16.8 Å². The summed E-state index contributed by atoms with van der Waals surface area (Å²) >= 11 is 0.873. The van der Waals surface area contributed by atoms with Crippen LogP contribution < -0.4 is 0 Å². The summed E-state index contributed by atoms with van der Waals surface area (Å²) in [5.41, 5.74) is 2.30. The van der Waals surface area contributed by atoms with Crippen LogP contribution >= 0.6 is 11.8 Å². The van der Waals surface area contributed by atoms with E-state index in [9.17, 15) is 19.7 Å². The highest BCUT2D eigenvalue weighted by atomic mass is 32.2. The predicted molar refractivity (Wildman–Crippen MR) is 117 cm³/mol. The van der Waals surface area contributed by atoms with Crippen molar-refractivity contribution in [1.29, 1.82) is 0 Å². The number of imide groups is 1. The number of amides is 2. The van der Waals surface area contributed by atoms with Crippen LogP contribution in [0.3, 0.4) is 0 Å². The number of nitrogens with zero attached hydrogens (tertiary/aromatic N) is 3. The third-order valence-corrected chi connectivity index (χ3v) is 5.67. The zero-order valence-corrected chi connectivity index (χ0v) is 16.7. The van der Waals surface area contributed by atoms with Gasteiger partial charge in [-0.25, -0.2) is 0 Å². The first-order valence-electron chi connectivity index (χ1n) is 9.15. The molecule has 8 heteroatoms. The van der Waals surface area contributed by atoms with Crippen molar-refractivity contribution in [3.05, 3.63) is 93.5 Å². The van der Waals surface area contributed by atoms with Gasteiger partial charge in [-0.2, -0.15) is 0 Å². The molecule has 0 radical (unpaired) electrons. The molecule has 2 aromatic carbocycles. The first-order chi connectivity index (χ1) is 14.5. The summed E-state index contributed by atoms with van der Waals surface area (Å²) in [5, 5.41) is 11.5. The average molecular weight is 419 g/mol. The van der Waals surface area contributed by atoms with Crippen LogP contribution in [0.1, 0.15) is 11.1 Å². The van der Waals surface area contributed by atoms with E-state index in [1.807, 2.05) is 35.0 Å². The Morgan fingerprint density at radius 1 is 1.13 bits per heavy atom. The number of non-ortho nitro benzene ring substituents is 1. The van der Waals surface area contributed by atoms with Crippen molar-refractivity contribution in [2.45, 2.75) is 13.1 Å². The molecule has 7 nitrogen and oxygen atoms in total. The van der Waals surface area contributed by atoms with E-state index in [1.165, 1.54) is 18.2 Å². The molecular weight excluding hydrogens is 402 g/mol. The molecule has 0 spiro atoms. The standard InChI is InChI=1S/C22H17N3O4S/c1-2-10-23-14-16(18-8-3-4-9-19(18)23)12-20-21(26)24(22(27)30-20)13-15-6-5-7-17(11-15)25(28)29/h2-9,11-12,14H,1,10,13H2. The van der Waals surface area contributed by atoms with Crippen LogP contribution in [0.4, 0.5) is 10.5 Å². The van der Waals surface area contributed by atoms with Crippen molar-refractivity contribution in [3.63, 3.8) is 0 Å². The SMILES string of the molecule is C=CCn1cc(C=C2SC(=O)N(Cc3cccc([N+](=O)[O-])c3)C2=O)c2ccccc21. The fourth-order valence-corrected chi connectivity index (χ4v) is 4.24. The maximum Gasteiger partial charge on any atom is 0.293 e. The summed E-state index contributed by atoms with van der Waals surface area (Å²) < 4.78 is 2.03. The molecule has 0 bridgehead atoms. The number of rotatable bonds is 6. The van der Waals surface area contributed by atoms with Gasteiger partial charge >= 0.3 is 0 Å². The van der Waals surface area contributed by atoms with E-state index in [4.69, 9.17) is 0 Å². The number of carbonyl (C=O) groups excluding carboxylic acids is 2. The molecular formula is C22H17N3O4S. The number of para-hydroxylation sites is 1. The Morgan fingerprint density at radius 3 is 2.70 bits per heavy atom. The minimum Gasteiger partial charge on any atom is -0.343 e. The maximum absolute atomic E-state index is 12.9. The second kappa shape index (κ2) is 8.00. The second-order valence-corrected chi connectivity index (χ2v) is 7.73. The monoisotopic (exact) mass is 419 g/mol. The normalized spacial score (nSPS) is 15.3. The lowest BCUT2D eigenvalue weighted by atomic mass is 10.1. The van der Waals surface area contributed by atoms with Crippen molar-refractivity contribution in [3.8, 4) is 0 Å². The summed E-state index contributed by atoms with van der Waals surface area (Å²) in [6.07, 6.45) is 5.45. The number of nitro groups is 1. The summed E-state index contributed by atoms with van der Waals surface area (Å²) in [6.45, 7) is 4.39. The minimum absolute atomic E-state index is 0.0120. The van der Waals surface area contributed by atoms with Gasteiger partial charge in [0.05, 0.1) is 16.4 Å². The number of thioether (sulfide) groups is 1. The first kappa shape index (κ1) is 19.7. The molecule has 150 valence electrons. The van der Waals surface area contributed by atoms with Gasteiger partial charge in [0.2, 0.25) is 0 Å². The van der Waals surface area contributed by atoms with E-state index in [1.54, 1.807) is 18.2 Å². The topological polar surface area (TPSA) is 85.4 Å². The van der Waals surface area contributed by atoms with Gasteiger partial charge in [-0.3, -0.25) is 24.6 Å². The molecule has 0 saturated carbocycles. The van der Waals surface area contributed by atoms with E-state index in [2.05, 4.69) is 6.58 Å². The molecule has 1 aromatic heterocycles. The first-order valence-corrected chi connectivity index (χ1v) is 9.97. The second-order valence-electron chi connectivity index (χ2n) is 6.74. The largest absolute Gasteiger partial charge is 0.343 e. The van der Waals surface area contributed by atoms with Gasteiger partial charge in [-0.05, 0) is 29.5 Å². The quantitative estimate of drug-likeness (QED) is 0.244. The number of benzene rings is 2. The zero-order chi connectivity index (χ0) is 21.3. The van der Waals surface area contributed by atoms with Crippen molar-refractivity contribution in [2.75, 3.05) is 0 Å². The molecule has 0 unspecified atom stereocenters. The zero-order valence-electron chi connectivity index (χ0n) is 15.9. The molecule has 0 aliphatic carbocycles. The van der Waals surface area contributed by atoms with E-state index < -0.39 is 16.1 Å². The van der Waals surface area contributed by atoms with Gasteiger partial charge in [-0.1, -0.05) is 36.4 Å². The predicted octanol–water partition coefficient (Wildman–Crippen LogP) is 4.97. The number of hydrogen-bond donors (Lipinski definition) is 0. The molecule has 2 heterocycles. The maximum atomic E-state index is 12.9. The Morgan fingerprint density at radius 2 is 1.93 bits per heavy atom. The van der Waals surface area contributed by atoms with Crippen molar-refractivity contribution >= 4 is 45.6 Å². The van der Waals surface area contributed by atoms with Crippen LogP contribution in [-0.4, -0.2) is 25.5 Å². The van der Waals surface area contributed by atoms with Crippen LogP contribution in [0.2, 0.25) is 0 Å². The lowest BCUT2D eigenvalue weighted by molar-refractivity contribution is -0.384. The Labute approximate surface area is 176 Å². The number of allylic oxidation sites excluding steroid dienone is 1. The number of nitro benzene ring substituents is 1. The summed E-state index contributed by atoms with van der Waals surface area (Å²) in [5.74, 6) is -0.406. The third-order valence-electron chi connectivity index (χ3n) is 4.77. The molecule has 1 aliphatic rings. The highest BCUT2D eigenvalue weighted by molar-refractivity contribution is 8.18. The number of hydrogen-bond acceptors (Lipinski definition) is 5. The van der Waals surface area contributed by atoms with Crippen molar-refractivity contribution in [1.82, 2.24) is 9.47 Å². The molecule has 1 fully saturated rings. The summed E-state index contributed by atoms with van der Waals surface area (Å²) in [7, 11) is 0. The summed E-state index contributed by atoms with van der Waals surface area (Å²) in [6, 6.07) is 13.8. The van der Waals surface area contributed by atoms with Gasteiger partial charge in [0, 0.05) is 41.3 Å². The minimum atomic E-state index is -0.504. The molecule has 2 amide bonds. The van der Waals surface area contributed by atoms with Crippen molar-refractivity contribution in [2.24, 2.45) is 0 Å². The van der Waals surface area contributed by atoms with Gasteiger partial charge in [0.15, 0.2) is 0 Å². The lowest BCUT2D eigenvalue weighted by Crippen LogP contribution is -2.27. The summed E-state index contributed by atoms with van der Waals surface area (Å²) in [4.78, 5) is 37.2. The third kappa shape index (κ3) is 3.65. The fourth-order valence-electron chi connectivity index (χ4n) is 3.41. The number of aromatic nitrogens is 1. The van der Waals surface area contributed by atoms with Crippen LogP contribution in [0.5, 0.6) is 0 Å². The highest BCUT2D eigenvalue weighted by Crippen LogP contribution is 2.35. The van der Waals surface area contributed by atoms with E-state index >= 15 is 0 Å². The van der Waals surface area contributed by atoms with Crippen molar-refractivity contribution < 1.29 is 14.5 Å². The average Bonchev–Trinajstić information content (AvgIpc) is 3.21. The molecule has 4 rings (SSSR count). The fraction of sp³-hybridized carbons (Fsp3) is 0.0909. The Balaban J connectivity index is 1.64. The smallest absolute Gasteiger partial charge is 0.293 e. The molecule has 0 N–H and O–H groups in total. The highest BCUT2D eigenvalue weighted by Gasteiger charge is 2.35. The Hall–Kier alpha value is -3.65. The van der Waals surface area contributed by atoms with Gasteiger partial charge in [0.1, 0.15) is 0 Å². The molecule has 3 aromatic rings. The van der Waals surface area contributed by atoms with Crippen LogP contribution in [0.15, 0.2) is 72.3 Å². The van der Waals surface area contributed by atoms with E-state index in [0.29, 0.717) is 17.0 Å². The number of fused-ring (bicyclic) bond motifs is 1. The van der Waals surface area contributed by atoms with E-state index in [0.717, 1.165) is 33.1 Å². The van der Waals surface area contributed by atoms with Crippen LogP contribution in [0, 0.1) is 10.1 Å². The molecule has 1 aliphatic heterocycles. The van der Waals surface area contributed by atoms with E-state index in [-0.39, 0.29) is 12.2 Å². The molecule has 30 heavy (non-hydrogen) atoms. The van der Waals surface area contributed by atoms with Gasteiger partial charge in [-0.15, -0.1) is 6.58 Å².